The summed E-state index contributed by atoms with van der Waals surface area (Å²) in [4.78, 5) is 11.2. The SMILES string of the molecule is C=CC(=O)CCC[N+](C)(C)CCCCCCCCCCCC.[Br-]. The van der Waals surface area contributed by atoms with Gasteiger partial charge in [0.2, 0.25) is 0 Å². The number of rotatable bonds is 16. The third kappa shape index (κ3) is 18.0. The summed E-state index contributed by atoms with van der Waals surface area (Å²) in [5, 5.41) is 0. The fourth-order valence-electron chi connectivity index (χ4n) is 2.92. The highest BCUT2D eigenvalue weighted by Crippen LogP contribution is 2.12. The molecule has 23 heavy (non-hydrogen) atoms. The minimum atomic E-state index is 0. The van der Waals surface area contributed by atoms with E-state index in [4.69, 9.17) is 0 Å². The van der Waals surface area contributed by atoms with Gasteiger partial charge in [-0.25, -0.2) is 0 Å². The number of hydrogen-bond donors (Lipinski definition) is 0. The smallest absolute Gasteiger partial charge is 0.155 e. The Morgan fingerprint density at radius 2 is 1.26 bits per heavy atom. The van der Waals surface area contributed by atoms with Crippen molar-refractivity contribution in [2.45, 2.75) is 84.0 Å². The maximum atomic E-state index is 11.2. The van der Waals surface area contributed by atoms with Crippen LogP contribution >= 0.6 is 0 Å². The van der Waals surface area contributed by atoms with Crippen LogP contribution in [0.5, 0.6) is 0 Å². The highest BCUT2D eigenvalue weighted by Gasteiger charge is 2.14. The molecule has 0 radical (unpaired) electrons. The number of quaternary nitrogens is 1. The van der Waals surface area contributed by atoms with Gasteiger partial charge >= 0.3 is 0 Å². The summed E-state index contributed by atoms with van der Waals surface area (Å²) in [5.41, 5.74) is 0. The molecule has 0 aliphatic rings. The van der Waals surface area contributed by atoms with Crippen LogP contribution in [0.1, 0.15) is 84.0 Å². The molecule has 0 saturated carbocycles. The Bertz CT molecular complexity index is 289. The molecule has 0 spiro atoms. The molecular weight excluding hydrogens is 350 g/mol. The molecule has 0 aromatic heterocycles. The Kier molecular flexibility index (Phi) is 18.2. The normalized spacial score (nSPS) is 11.1. The van der Waals surface area contributed by atoms with Gasteiger partial charge < -0.3 is 21.5 Å². The Hall–Kier alpha value is -0.150. The van der Waals surface area contributed by atoms with E-state index in [2.05, 4.69) is 27.6 Å². The average Bonchev–Trinajstić information content (AvgIpc) is 2.48. The second-order valence-electron chi connectivity index (χ2n) is 7.34. The minimum absolute atomic E-state index is 0. The minimum Gasteiger partial charge on any atom is -1.00 e. The number of carbonyl (C=O) groups is 1. The van der Waals surface area contributed by atoms with Gasteiger partial charge in [-0.3, -0.25) is 4.79 Å². The molecule has 0 aromatic rings. The lowest BCUT2D eigenvalue weighted by atomic mass is 10.1. The maximum Gasteiger partial charge on any atom is 0.155 e. The predicted molar refractivity (Wildman–Crippen MR) is 98.1 cm³/mol. The molecule has 0 atom stereocenters. The van der Waals surface area contributed by atoms with Gasteiger partial charge in [-0.2, -0.15) is 0 Å². The lowest BCUT2D eigenvalue weighted by Gasteiger charge is -2.29. The zero-order chi connectivity index (χ0) is 16.7. The number of ketones is 1. The van der Waals surface area contributed by atoms with Gasteiger partial charge in [0.1, 0.15) is 0 Å². The molecule has 0 N–H and O–H groups in total. The van der Waals surface area contributed by atoms with Crippen molar-refractivity contribution in [3.63, 3.8) is 0 Å². The largest absolute Gasteiger partial charge is 1.00 e. The van der Waals surface area contributed by atoms with E-state index in [0.29, 0.717) is 6.42 Å². The predicted octanol–water partition coefficient (Wildman–Crippen LogP) is 2.52. The first kappa shape index (κ1) is 25.1. The first-order chi connectivity index (χ1) is 10.5. The molecule has 0 saturated heterocycles. The molecule has 0 aliphatic heterocycles. The molecule has 0 amide bonds. The summed E-state index contributed by atoms with van der Waals surface area (Å²) in [6, 6.07) is 0. The zero-order valence-corrected chi connectivity index (χ0v) is 17.5. The van der Waals surface area contributed by atoms with Crippen molar-refractivity contribution in [1.82, 2.24) is 0 Å². The standard InChI is InChI=1S/C20H40NO.BrH/c1-5-7-8-9-10-11-12-13-14-15-18-21(3,4)19-16-17-20(22)6-2;/h6H,2,5,7-19H2,1,3-4H3;1H/q+1;/p-1. The third-order valence-electron chi connectivity index (χ3n) is 4.53. The highest BCUT2D eigenvalue weighted by molar-refractivity contribution is 5.88. The lowest BCUT2D eigenvalue weighted by molar-refractivity contribution is -0.890. The number of allylic oxidation sites excluding steroid dienone is 1. The van der Waals surface area contributed by atoms with E-state index < -0.39 is 0 Å². The topological polar surface area (TPSA) is 17.1 Å². The van der Waals surface area contributed by atoms with E-state index in [0.717, 1.165) is 17.4 Å². The molecule has 0 unspecified atom stereocenters. The van der Waals surface area contributed by atoms with Crippen LogP contribution in [-0.4, -0.2) is 37.5 Å². The summed E-state index contributed by atoms with van der Waals surface area (Å²) in [6.07, 6.45) is 17.0. The molecule has 0 fully saturated rings. The zero-order valence-electron chi connectivity index (χ0n) is 15.9. The Labute approximate surface area is 156 Å². The van der Waals surface area contributed by atoms with Gasteiger partial charge in [0.25, 0.3) is 0 Å². The quantitative estimate of drug-likeness (QED) is 0.225. The Balaban J connectivity index is 0. The van der Waals surface area contributed by atoms with Gasteiger partial charge in [-0.05, 0) is 18.9 Å². The summed E-state index contributed by atoms with van der Waals surface area (Å²) in [5.74, 6) is 0.180. The van der Waals surface area contributed by atoms with E-state index in [9.17, 15) is 4.79 Å². The van der Waals surface area contributed by atoms with Crippen LogP contribution in [0, 0.1) is 0 Å². The lowest BCUT2D eigenvalue weighted by Crippen LogP contribution is -3.00. The summed E-state index contributed by atoms with van der Waals surface area (Å²) in [7, 11) is 4.57. The van der Waals surface area contributed by atoms with Crippen LogP contribution in [0.25, 0.3) is 0 Å². The number of nitrogens with zero attached hydrogens (tertiary/aromatic N) is 1. The molecule has 3 heteroatoms. The van der Waals surface area contributed by atoms with Crippen LogP contribution in [0.4, 0.5) is 0 Å². The second-order valence-corrected chi connectivity index (χ2v) is 7.34. The van der Waals surface area contributed by atoms with Gasteiger partial charge in [0.15, 0.2) is 5.78 Å². The van der Waals surface area contributed by atoms with Crippen molar-refractivity contribution >= 4 is 5.78 Å². The average molecular weight is 390 g/mol. The summed E-state index contributed by atoms with van der Waals surface area (Å²) in [6.45, 7) is 8.13. The van der Waals surface area contributed by atoms with Gasteiger partial charge in [-0.15, -0.1) is 0 Å². The van der Waals surface area contributed by atoms with E-state index in [1.165, 1.54) is 76.8 Å². The monoisotopic (exact) mass is 389 g/mol. The van der Waals surface area contributed by atoms with Crippen molar-refractivity contribution in [1.29, 1.82) is 0 Å². The first-order valence-electron chi connectivity index (χ1n) is 9.49. The first-order valence-corrected chi connectivity index (χ1v) is 9.49. The van der Waals surface area contributed by atoms with Crippen molar-refractivity contribution < 1.29 is 26.3 Å². The second kappa shape index (κ2) is 16.7. The van der Waals surface area contributed by atoms with Crippen LogP contribution < -0.4 is 17.0 Å². The van der Waals surface area contributed by atoms with Crippen molar-refractivity contribution in [3.05, 3.63) is 12.7 Å². The molecule has 2 nitrogen and oxygen atoms in total. The fraction of sp³-hybridized carbons (Fsp3) is 0.850. The van der Waals surface area contributed by atoms with Crippen molar-refractivity contribution in [2.75, 3.05) is 27.2 Å². The van der Waals surface area contributed by atoms with E-state index in [1.54, 1.807) is 0 Å². The molecule has 0 rings (SSSR count). The molecule has 138 valence electrons. The Morgan fingerprint density at radius 3 is 1.74 bits per heavy atom. The van der Waals surface area contributed by atoms with Crippen molar-refractivity contribution in [2.24, 2.45) is 0 Å². The van der Waals surface area contributed by atoms with Gasteiger partial charge in [0.05, 0.1) is 27.2 Å². The van der Waals surface area contributed by atoms with E-state index in [1.807, 2.05) is 0 Å². The van der Waals surface area contributed by atoms with Crippen LogP contribution in [0.2, 0.25) is 0 Å². The summed E-state index contributed by atoms with van der Waals surface area (Å²) < 4.78 is 1.04. The molecule has 0 bridgehead atoms. The number of hydrogen-bond acceptors (Lipinski definition) is 1. The fourth-order valence-corrected chi connectivity index (χ4v) is 2.92. The molecule has 0 aromatic carbocycles. The van der Waals surface area contributed by atoms with Gasteiger partial charge in [-0.1, -0.05) is 64.9 Å². The highest BCUT2D eigenvalue weighted by atomic mass is 79.9. The van der Waals surface area contributed by atoms with E-state index in [-0.39, 0.29) is 22.8 Å². The van der Waals surface area contributed by atoms with Crippen molar-refractivity contribution in [3.8, 4) is 0 Å². The van der Waals surface area contributed by atoms with E-state index >= 15 is 0 Å². The number of halogens is 1. The van der Waals surface area contributed by atoms with Gasteiger partial charge in [0, 0.05) is 12.8 Å². The van der Waals surface area contributed by atoms with Crippen LogP contribution in [0.15, 0.2) is 12.7 Å². The number of unbranched alkanes of at least 4 members (excludes halogenated alkanes) is 9. The number of carbonyl (C=O) groups excluding carboxylic acids is 1. The van der Waals surface area contributed by atoms with Crippen LogP contribution in [0.3, 0.4) is 0 Å². The molecule has 0 aliphatic carbocycles. The van der Waals surface area contributed by atoms with Crippen LogP contribution in [-0.2, 0) is 4.79 Å². The molecular formula is C20H40BrNO. The maximum absolute atomic E-state index is 11.2. The summed E-state index contributed by atoms with van der Waals surface area (Å²) >= 11 is 0. The molecule has 0 heterocycles. The Morgan fingerprint density at radius 1 is 0.826 bits per heavy atom. The third-order valence-corrected chi connectivity index (χ3v) is 4.53.